The Bertz CT molecular complexity index is 382. The van der Waals surface area contributed by atoms with Gasteiger partial charge in [0.25, 0.3) is 0 Å². The van der Waals surface area contributed by atoms with Crippen LogP contribution in [0.2, 0.25) is 0 Å². The Balaban J connectivity index is 1.49. The number of amides is 1. The molecule has 1 amide bonds. The highest BCUT2D eigenvalue weighted by Crippen LogP contribution is 2.57. The van der Waals surface area contributed by atoms with Crippen molar-refractivity contribution < 1.29 is 4.79 Å². The minimum absolute atomic E-state index is 0.262. The Morgan fingerprint density at radius 3 is 2.20 bits per heavy atom. The van der Waals surface area contributed by atoms with Gasteiger partial charge >= 0.3 is 0 Å². The maximum Gasteiger partial charge on any atom is 0.226 e. The van der Waals surface area contributed by atoms with Gasteiger partial charge in [-0.05, 0) is 68.1 Å². The van der Waals surface area contributed by atoms with Gasteiger partial charge in [0.2, 0.25) is 5.91 Å². The van der Waals surface area contributed by atoms with Gasteiger partial charge in [-0.15, -0.1) is 11.6 Å². The van der Waals surface area contributed by atoms with Gasteiger partial charge in [-0.3, -0.25) is 4.79 Å². The summed E-state index contributed by atoms with van der Waals surface area (Å²) in [4.78, 5) is 15.2. The summed E-state index contributed by atoms with van der Waals surface area (Å²) >= 11 is 6.31. The summed E-state index contributed by atoms with van der Waals surface area (Å²) < 4.78 is 0. The summed E-state index contributed by atoms with van der Waals surface area (Å²) in [5.41, 5.74) is 0. The lowest BCUT2D eigenvalue weighted by atomic mass is 9.51. The van der Waals surface area contributed by atoms with Crippen LogP contribution in [0.5, 0.6) is 0 Å². The maximum absolute atomic E-state index is 13.0. The molecule has 2 atom stereocenters. The van der Waals surface area contributed by atoms with Crippen LogP contribution in [-0.2, 0) is 4.79 Å². The number of hydrogen-bond donors (Lipinski definition) is 0. The molecule has 1 heterocycles. The van der Waals surface area contributed by atoms with E-state index in [0.29, 0.717) is 29.6 Å². The van der Waals surface area contributed by atoms with Crippen LogP contribution in [0.15, 0.2) is 0 Å². The molecule has 4 aliphatic carbocycles. The van der Waals surface area contributed by atoms with E-state index in [4.69, 9.17) is 11.6 Å². The number of likely N-dealkylation sites (tertiary alicyclic amines) is 1. The summed E-state index contributed by atoms with van der Waals surface area (Å²) in [6.45, 7) is 3.96. The van der Waals surface area contributed by atoms with Crippen molar-refractivity contribution in [3.8, 4) is 0 Å². The Hall–Kier alpha value is -0.240. The van der Waals surface area contributed by atoms with Crippen LogP contribution < -0.4 is 0 Å². The second kappa shape index (κ2) is 4.90. The number of carbonyl (C=O) groups is 1. The monoisotopic (exact) mass is 295 g/mol. The molecular weight excluding hydrogens is 270 g/mol. The van der Waals surface area contributed by atoms with Crippen LogP contribution >= 0.6 is 11.6 Å². The Kier molecular flexibility index (Phi) is 3.29. The molecule has 112 valence electrons. The molecule has 1 saturated heterocycles. The summed E-state index contributed by atoms with van der Waals surface area (Å²) in [5.74, 6) is 4.62. The van der Waals surface area contributed by atoms with Crippen LogP contribution in [0.1, 0.15) is 45.4 Å². The molecule has 0 aromatic rings. The second-order valence-corrected chi connectivity index (χ2v) is 8.58. The molecule has 0 aromatic heterocycles. The normalized spacial score (nSPS) is 50.5. The molecule has 1 aliphatic heterocycles. The van der Waals surface area contributed by atoms with E-state index >= 15 is 0 Å². The van der Waals surface area contributed by atoms with Crippen LogP contribution in [-0.4, -0.2) is 29.3 Å². The molecule has 20 heavy (non-hydrogen) atoms. The van der Waals surface area contributed by atoms with Crippen molar-refractivity contribution in [1.82, 2.24) is 4.90 Å². The first-order chi connectivity index (χ1) is 9.61. The summed E-state index contributed by atoms with van der Waals surface area (Å²) in [7, 11) is 0. The zero-order chi connectivity index (χ0) is 13.9. The van der Waals surface area contributed by atoms with Gasteiger partial charge in [-0.1, -0.05) is 6.92 Å². The van der Waals surface area contributed by atoms with E-state index < -0.39 is 0 Å². The van der Waals surface area contributed by atoms with E-state index in [1.807, 2.05) is 0 Å². The largest absolute Gasteiger partial charge is 0.342 e. The van der Waals surface area contributed by atoms with Gasteiger partial charge in [-0.25, -0.2) is 0 Å². The highest BCUT2D eigenvalue weighted by molar-refractivity contribution is 6.20. The zero-order valence-corrected chi connectivity index (χ0v) is 13.2. The molecule has 2 nitrogen and oxygen atoms in total. The molecule has 0 spiro atoms. The molecule has 0 radical (unpaired) electrons. The van der Waals surface area contributed by atoms with Crippen molar-refractivity contribution in [2.24, 2.45) is 35.5 Å². The van der Waals surface area contributed by atoms with Crippen LogP contribution in [0, 0.1) is 35.5 Å². The molecule has 5 fully saturated rings. The number of alkyl halides is 1. The van der Waals surface area contributed by atoms with E-state index in [-0.39, 0.29) is 5.38 Å². The lowest BCUT2D eigenvalue weighted by Gasteiger charge is -2.54. The molecule has 5 rings (SSSR count). The summed E-state index contributed by atoms with van der Waals surface area (Å²) in [6.07, 6.45) is 7.79. The molecule has 4 bridgehead atoms. The molecule has 0 N–H and O–H groups in total. The fourth-order valence-electron chi connectivity index (χ4n) is 5.86. The predicted octanol–water partition coefficient (Wildman–Crippen LogP) is 3.53. The molecule has 4 saturated carbocycles. The lowest BCUT2D eigenvalue weighted by Crippen LogP contribution is -2.54. The summed E-state index contributed by atoms with van der Waals surface area (Å²) in [5, 5.41) is 0.262. The average Bonchev–Trinajstić information content (AvgIpc) is 2.40. The van der Waals surface area contributed by atoms with Crippen molar-refractivity contribution >= 4 is 17.5 Å². The van der Waals surface area contributed by atoms with E-state index in [9.17, 15) is 4.79 Å². The molecule has 2 unspecified atom stereocenters. The number of halogens is 1. The SMILES string of the molecule is CC1CN(C(=O)C2C3CC4CC(C3)CC2C4)CCC1Cl. The zero-order valence-electron chi connectivity index (χ0n) is 12.4. The van der Waals surface area contributed by atoms with Crippen molar-refractivity contribution in [3.63, 3.8) is 0 Å². The number of piperidine rings is 1. The highest BCUT2D eigenvalue weighted by Gasteiger charge is 2.51. The molecule has 5 aliphatic rings. The first kappa shape index (κ1) is 13.4. The van der Waals surface area contributed by atoms with Gasteiger partial charge in [0, 0.05) is 24.4 Å². The fraction of sp³-hybridized carbons (Fsp3) is 0.941. The minimum Gasteiger partial charge on any atom is -0.342 e. The molecular formula is C17H26ClNO. The van der Waals surface area contributed by atoms with Crippen LogP contribution in [0.25, 0.3) is 0 Å². The van der Waals surface area contributed by atoms with Crippen molar-refractivity contribution in [1.29, 1.82) is 0 Å². The average molecular weight is 296 g/mol. The Labute approximate surface area is 127 Å². The van der Waals surface area contributed by atoms with Gasteiger partial charge < -0.3 is 4.90 Å². The van der Waals surface area contributed by atoms with E-state index in [0.717, 1.165) is 31.3 Å². The van der Waals surface area contributed by atoms with Crippen molar-refractivity contribution in [3.05, 3.63) is 0 Å². The molecule has 0 aromatic carbocycles. The van der Waals surface area contributed by atoms with Gasteiger partial charge in [0.15, 0.2) is 0 Å². The standard InChI is InChI=1S/C17H26ClNO/c1-10-9-19(3-2-15(10)18)17(20)16-13-5-11-4-12(7-13)8-14(16)6-11/h10-16H,2-9H2,1H3. The molecule has 3 heteroatoms. The van der Waals surface area contributed by atoms with Gasteiger partial charge in [0.1, 0.15) is 0 Å². The Morgan fingerprint density at radius 1 is 1.05 bits per heavy atom. The lowest BCUT2D eigenvalue weighted by molar-refractivity contribution is -0.150. The second-order valence-electron chi connectivity index (χ2n) is 8.02. The predicted molar refractivity (Wildman–Crippen MR) is 80.5 cm³/mol. The smallest absolute Gasteiger partial charge is 0.226 e. The fourth-order valence-corrected chi connectivity index (χ4v) is 6.03. The number of rotatable bonds is 1. The number of carbonyl (C=O) groups excluding carboxylic acids is 1. The first-order valence-electron chi connectivity index (χ1n) is 8.54. The van der Waals surface area contributed by atoms with Crippen LogP contribution in [0.4, 0.5) is 0 Å². The number of hydrogen-bond acceptors (Lipinski definition) is 1. The highest BCUT2D eigenvalue weighted by atomic mass is 35.5. The summed E-state index contributed by atoms with van der Waals surface area (Å²) in [6, 6.07) is 0. The van der Waals surface area contributed by atoms with Gasteiger partial charge in [-0.2, -0.15) is 0 Å². The third-order valence-electron chi connectivity index (χ3n) is 6.62. The van der Waals surface area contributed by atoms with E-state index in [1.54, 1.807) is 0 Å². The first-order valence-corrected chi connectivity index (χ1v) is 8.98. The van der Waals surface area contributed by atoms with Gasteiger partial charge in [0.05, 0.1) is 0 Å². The maximum atomic E-state index is 13.0. The quantitative estimate of drug-likeness (QED) is 0.678. The third-order valence-corrected chi connectivity index (χ3v) is 7.27. The minimum atomic E-state index is 0.262. The van der Waals surface area contributed by atoms with Crippen LogP contribution in [0.3, 0.4) is 0 Å². The third kappa shape index (κ3) is 2.10. The van der Waals surface area contributed by atoms with E-state index in [2.05, 4.69) is 11.8 Å². The topological polar surface area (TPSA) is 20.3 Å². The van der Waals surface area contributed by atoms with Crippen molar-refractivity contribution in [2.75, 3.05) is 13.1 Å². The van der Waals surface area contributed by atoms with Crippen molar-refractivity contribution in [2.45, 2.75) is 50.8 Å². The Morgan fingerprint density at radius 2 is 1.65 bits per heavy atom. The van der Waals surface area contributed by atoms with E-state index in [1.165, 1.54) is 32.1 Å². The number of nitrogens with zero attached hydrogens (tertiary/aromatic N) is 1.